The first-order chi connectivity index (χ1) is 9.37. The summed E-state index contributed by atoms with van der Waals surface area (Å²) in [5.74, 6) is 0. The number of methoxy groups -OCH3 is 2. The Balaban J connectivity index is -0.0000000426. The van der Waals surface area contributed by atoms with Crippen molar-refractivity contribution < 1.29 is 49.3 Å². The molecule has 0 spiro atoms. The molecule has 1 aliphatic heterocycles. The van der Waals surface area contributed by atoms with E-state index in [4.69, 9.17) is 15.3 Å². The summed E-state index contributed by atoms with van der Waals surface area (Å²) in [6.45, 7) is 3.57. The summed E-state index contributed by atoms with van der Waals surface area (Å²) in [5, 5.41) is 23.0. The number of carbonyl (C=O) groups is 2. The van der Waals surface area contributed by atoms with Gasteiger partial charge in [0.2, 0.25) is 0 Å². The van der Waals surface area contributed by atoms with Crippen LogP contribution in [0.1, 0.15) is 28.7 Å². The highest BCUT2D eigenvalue weighted by atomic mass is 16.8. The number of hydrogen-bond acceptors (Lipinski definition) is 9. The van der Waals surface area contributed by atoms with Crippen LogP contribution in [0.3, 0.4) is 0 Å². The van der Waals surface area contributed by atoms with Gasteiger partial charge in [0.25, 0.3) is 0 Å². The Bertz CT molecular complexity index is 227. The topological polar surface area (TPSA) is 163 Å². The molecule has 2 atom stereocenters. The van der Waals surface area contributed by atoms with Crippen LogP contribution in [0.15, 0.2) is 0 Å². The van der Waals surface area contributed by atoms with Gasteiger partial charge in [-0.1, -0.05) is 14.9 Å². The molecule has 0 radical (unpaired) electrons. The van der Waals surface area contributed by atoms with Gasteiger partial charge >= 0.3 is 12.3 Å². The summed E-state index contributed by atoms with van der Waals surface area (Å²) < 4.78 is 17.0. The number of aliphatic hydroxyl groups is 3. The fourth-order valence-electron chi connectivity index (χ4n) is 0.501. The van der Waals surface area contributed by atoms with E-state index in [0.29, 0.717) is 6.61 Å². The fraction of sp³-hybridized carbons (Fsp3) is 0.846. The lowest BCUT2D eigenvalue weighted by Gasteiger charge is -1.90. The zero-order chi connectivity index (χ0) is 16.6. The molecule has 146 valence electrons. The highest BCUT2D eigenvalue weighted by Crippen LogP contribution is 2.02. The van der Waals surface area contributed by atoms with E-state index >= 15 is 0 Å². The maximum atomic E-state index is 10.0. The van der Waals surface area contributed by atoms with E-state index in [1.165, 1.54) is 21.1 Å². The third-order valence-corrected chi connectivity index (χ3v) is 1.33. The predicted octanol–water partition coefficient (Wildman–Crippen LogP) is 0.356. The third-order valence-electron chi connectivity index (χ3n) is 1.33. The van der Waals surface area contributed by atoms with Gasteiger partial charge in [-0.3, -0.25) is 0 Å². The SMILES string of the molecule is C.C.CC(O)CO.CC1COC(=O)O1.CO.COC(=O)OC.O. The van der Waals surface area contributed by atoms with Gasteiger partial charge in [0.05, 0.1) is 26.9 Å². The van der Waals surface area contributed by atoms with E-state index in [2.05, 4.69) is 18.9 Å². The Morgan fingerprint density at radius 2 is 1.65 bits per heavy atom. The van der Waals surface area contributed by atoms with Gasteiger partial charge in [-0.15, -0.1) is 0 Å². The maximum absolute atomic E-state index is 10.0. The van der Waals surface area contributed by atoms with Crippen molar-refractivity contribution in [3.05, 3.63) is 0 Å². The number of cyclic esters (lactones) is 2. The van der Waals surface area contributed by atoms with Gasteiger partial charge in [0.1, 0.15) is 12.7 Å². The van der Waals surface area contributed by atoms with Gasteiger partial charge in [0, 0.05) is 7.11 Å². The standard InChI is InChI=1S/C4H6O3.C3H6O3.C3H8O2.CH4O.2CH4.H2O/c1-3-2-6-4(5)7-3;1-5-3(4)6-2;1-3(5)2-4;1-2;;;/h3H,2H2,1H3;1-2H3;3-5H,2H2,1H3;2H,1H3;2*1H4;1H2. The van der Waals surface area contributed by atoms with E-state index in [9.17, 15) is 9.59 Å². The van der Waals surface area contributed by atoms with E-state index in [-0.39, 0.29) is 33.0 Å². The molecule has 0 bridgehead atoms. The van der Waals surface area contributed by atoms with Crippen LogP contribution in [0, 0.1) is 0 Å². The van der Waals surface area contributed by atoms with Crippen LogP contribution >= 0.6 is 0 Å². The molecule has 0 aromatic heterocycles. The number of hydrogen-bond donors (Lipinski definition) is 3. The van der Waals surface area contributed by atoms with Gasteiger partial charge in [0.15, 0.2) is 0 Å². The van der Waals surface area contributed by atoms with Gasteiger partial charge < -0.3 is 39.7 Å². The number of ether oxygens (including phenoxy) is 4. The first-order valence-electron chi connectivity index (χ1n) is 5.56. The van der Waals surface area contributed by atoms with Crippen molar-refractivity contribution in [2.24, 2.45) is 0 Å². The Morgan fingerprint density at radius 1 is 1.30 bits per heavy atom. The van der Waals surface area contributed by atoms with E-state index in [1.807, 2.05) is 0 Å². The molecule has 1 rings (SSSR count). The Morgan fingerprint density at radius 3 is 1.70 bits per heavy atom. The van der Waals surface area contributed by atoms with Crippen molar-refractivity contribution >= 4 is 12.3 Å². The van der Waals surface area contributed by atoms with E-state index < -0.39 is 18.4 Å². The average Bonchev–Trinajstić information content (AvgIpc) is 2.84. The normalized spacial score (nSPS) is 14.3. The van der Waals surface area contributed by atoms with Crippen LogP contribution in [-0.4, -0.2) is 79.9 Å². The summed E-state index contributed by atoms with van der Waals surface area (Å²) in [6, 6.07) is 0. The third kappa shape index (κ3) is 38.5. The van der Waals surface area contributed by atoms with Gasteiger partial charge in [-0.25, -0.2) is 9.59 Å². The fourth-order valence-corrected chi connectivity index (χ4v) is 0.501. The smallest absolute Gasteiger partial charge is 0.438 e. The van der Waals surface area contributed by atoms with E-state index in [0.717, 1.165) is 7.11 Å². The molecule has 1 aliphatic rings. The second kappa shape index (κ2) is 28.5. The molecule has 0 aliphatic carbocycles. The van der Waals surface area contributed by atoms with Crippen LogP contribution in [0.4, 0.5) is 9.59 Å². The lowest BCUT2D eigenvalue weighted by Crippen LogP contribution is -2.03. The molecule has 0 amide bonds. The molecule has 5 N–H and O–H groups in total. The summed E-state index contributed by atoms with van der Waals surface area (Å²) >= 11 is 0. The van der Waals surface area contributed by atoms with Gasteiger partial charge in [-0.05, 0) is 13.8 Å². The highest BCUT2D eigenvalue weighted by Gasteiger charge is 2.19. The lowest BCUT2D eigenvalue weighted by atomic mass is 10.5. The van der Waals surface area contributed by atoms with Crippen LogP contribution in [0.25, 0.3) is 0 Å². The van der Waals surface area contributed by atoms with Crippen molar-refractivity contribution in [3.8, 4) is 0 Å². The molecule has 1 saturated heterocycles. The largest absolute Gasteiger partial charge is 0.508 e. The van der Waals surface area contributed by atoms with Crippen molar-refractivity contribution in [1.82, 2.24) is 0 Å². The van der Waals surface area contributed by atoms with E-state index in [1.54, 1.807) is 6.92 Å². The molecule has 10 heteroatoms. The van der Waals surface area contributed by atoms with Crippen molar-refractivity contribution in [1.29, 1.82) is 0 Å². The van der Waals surface area contributed by atoms with Crippen LogP contribution in [0.5, 0.6) is 0 Å². The second-order valence-electron chi connectivity index (χ2n) is 3.18. The number of rotatable bonds is 1. The lowest BCUT2D eigenvalue weighted by molar-refractivity contribution is 0.0924. The molecule has 1 heterocycles. The highest BCUT2D eigenvalue weighted by molar-refractivity contribution is 5.61. The van der Waals surface area contributed by atoms with Gasteiger partial charge in [-0.2, -0.15) is 0 Å². The molecule has 0 aromatic carbocycles. The first-order valence-corrected chi connectivity index (χ1v) is 5.56. The minimum Gasteiger partial charge on any atom is -0.438 e. The van der Waals surface area contributed by atoms with Crippen LogP contribution in [0.2, 0.25) is 0 Å². The van der Waals surface area contributed by atoms with Crippen LogP contribution < -0.4 is 0 Å². The Kier molecular flexibility index (Phi) is 46.6. The van der Waals surface area contributed by atoms with Crippen molar-refractivity contribution in [2.75, 3.05) is 34.5 Å². The molecule has 2 unspecified atom stereocenters. The maximum Gasteiger partial charge on any atom is 0.508 e. The Hall–Kier alpha value is -1.62. The average molecular weight is 350 g/mol. The Labute approximate surface area is 138 Å². The second-order valence-corrected chi connectivity index (χ2v) is 3.18. The molecule has 1 fully saturated rings. The summed E-state index contributed by atoms with van der Waals surface area (Å²) in [7, 11) is 3.51. The summed E-state index contributed by atoms with van der Waals surface area (Å²) in [5.41, 5.74) is 0. The van der Waals surface area contributed by atoms with Crippen molar-refractivity contribution in [3.63, 3.8) is 0 Å². The zero-order valence-electron chi connectivity index (χ0n) is 12.9. The predicted molar refractivity (Wildman–Crippen MR) is 85.3 cm³/mol. The minimum absolute atomic E-state index is 0. The number of carbonyl (C=O) groups excluding carboxylic acids is 2. The monoisotopic (exact) mass is 350 g/mol. The summed E-state index contributed by atoms with van der Waals surface area (Å²) in [4.78, 5) is 19.7. The zero-order valence-corrected chi connectivity index (χ0v) is 12.9. The molecular formula is C13H34O10. The first kappa shape index (κ1) is 37.5. The number of aliphatic hydroxyl groups excluding tert-OH is 3. The molecule has 23 heavy (non-hydrogen) atoms. The summed E-state index contributed by atoms with van der Waals surface area (Å²) in [6.07, 6.45) is -1.81. The minimum atomic E-state index is -0.657. The molecule has 0 saturated carbocycles. The quantitative estimate of drug-likeness (QED) is 0.566. The van der Waals surface area contributed by atoms with Crippen LogP contribution in [-0.2, 0) is 18.9 Å². The molecule has 0 aromatic rings. The molecule has 10 nitrogen and oxygen atoms in total. The molecular weight excluding hydrogens is 316 g/mol. The van der Waals surface area contributed by atoms with Crippen molar-refractivity contribution in [2.45, 2.75) is 40.9 Å².